The molecule has 4 N–H and O–H groups in total. The molecule has 2 aromatic carbocycles. The largest absolute Gasteiger partial charge is 0.478 e. The Balaban J connectivity index is 0.000000279. The number of nitrogens with zero attached hydrogens (tertiary/aromatic N) is 1. The van der Waals surface area contributed by atoms with Crippen molar-refractivity contribution in [1.82, 2.24) is 4.90 Å². The van der Waals surface area contributed by atoms with Gasteiger partial charge in [0.2, 0.25) is 0 Å². The molecule has 3 rings (SSSR count). The number of nitrogens with two attached hydrogens (primary N) is 1. The average molecular weight is 372 g/mol. The van der Waals surface area contributed by atoms with E-state index in [1.54, 1.807) is 0 Å². The van der Waals surface area contributed by atoms with E-state index in [4.69, 9.17) is 15.9 Å². The molecular formula is C20H21FN2O4. The van der Waals surface area contributed by atoms with Crippen LogP contribution in [0.1, 0.15) is 22.6 Å². The number of carboxylic acid groups (broad SMARTS) is 2. The fourth-order valence-corrected chi connectivity index (χ4v) is 3.00. The number of hydrogen-bond acceptors (Lipinski definition) is 4. The summed E-state index contributed by atoms with van der Waals surface area (Å²) in [6.45, 7) is 1.81. The number of nitrogen functional groups attached to an aromatic ring is 1. The van der Waals surface area contributed by atoms with Gasteiger partial charge in [-0.05, 0) is 41.9 Å². The van der Waals surface area contributed by atoms with E-state index < -0.39 is 11.9 Å². The molecule has 0 spiro atoms. The number of rotatable bonds is 3. The number of anilines is 1. The molecule has 0 amide bonds. The first-order valence-corrected chi connectivity index (χ1v) is 8.23. The van der Waals surface area contributed by atoms with E-state index >= 15 is 0 Å². The number of halogens is 1. The van der Waals surface area contributed by atoms with Gasteiger partial charge in [-0.25, -0.2) is 14.0 Å². The lowest BCUT2D eigenvalue weighted by atomic mass is 9.84. The fourth-order valence-electron chi connectivity index (χ4n) is 3.00. The third-order valence-electron chi connectivity index (χ3n) is 4.19. The van der Waals surface area contributed by atoms with Crippen molar-refractivity contribution in [3.05, 3.63) is 77.1 Å². The van der Waals surface area contributed by atoms with Gasteiger partial charge in [-0.3, -0.25) is 0 Å². The topological polar surface area (TPSA) is 104 Å². The second-order valence-corrected chi connectivity index (χ2v) is 6.23. The molecule has 1 aliphatic rings. The SMILES string of the molecule is CN1Cc2c(N)cccc2C(c2ccc(F)cc2)C1.O=C(O)/C=C\C(=O)O. The van der Waals surface area contributed by atoms with Crippen LogP contribution in [0.2, 0.25) is 0 Å². The maximum Gasteiger partial charge on any atom is 0.328 e. The van der Waals surface area contributed by atoms with Crippen molar-refractivity contribution in [2.45, 2.75) is 12.5 Å². The first-order valence-electron chi connectivity index (χ1n) is 8.23. The van der Waals surface area contributed by atoms with Crippen molar-refractivity contribution in [3.63, 3.8) is 0 Å². The molecule has 1 heterocycles. The molecule has 7 heteroatoms. The van der Waals surface area contributed by atoms with E-state index in [2.05, 4.69) is 18.0 Å². The highest BCUT2D eigenvalue weighted by Crippen LogP contribution is 2.35. The molecule has 0 saturated heterocycles. The Morgan fingerprint density at radius 1 is 1.11 bits per heavy atom. The first-order chi connectivity index (χ1) is 12.8. The van der Waals surface area contributed by atoms with Gasteiger partial charge < -0.3 is 20.8 Å². The van der Waals surface area contributed by atoms with E-state index in [0.717, 1.165) is 24.3 Å². The summed E-state index contributed by atoms with van der Waals surface area (Å²) in [7, 11) is 2.09. The summed E-state index contributed by atoms with van der Waals surface area (Å²) in [5, 5.41) is 15.6. The quantitative estimate of drug-likeness (QED) is 0.565. The van der Waals surface area contributed by atoms with Crippen molar-refractivity contribution in [1.29, 1.82) is 0 Å². The van der Waals surface area contributed by atoms with Gasteiger partial charge in [0.05, 0.1) is 0 Å². The minimum absolute atomic E-state index is 0.194. The van der Waals surface area contributed by atoms with Gasteiger partial charge in [-0.2, -0.15) is 0 Å². The number of fused-ring (bicyclic) bond motifs is 1. The van der Waals surface area contributed by atoms with Crippen LogP contribution in [0.25, 0.3) is 0 Å². The zero-order valence-electron chi connectivity index (χ0n) is 14.8. The molecule has 6 nitrogen and oxygen atoms in total. The average Bonchev–Trinajstić information content (AvgIpc) is 2.61. The Morgan fingerprint density at radius 3 is 2.26 bits per heavy atom. The van der Waals surface area contributed by atoms with Crippen molar-refractivity contribution >= 4 is 17.6 Å². The van der Waals surface area contributed by atoms with Gasteiger partial charge in [0.15, 0.2) is 0 Å². The van der Waals surface area contributed by atoms with Crippen LogP contribution in [-0.4, -0.2) is 40.6 Å². The van der Waals surface area contributed by atoms with Crippen LogP contribution >= 0.6 is 0 Å². The number of hydrogen-bond donors (Lipinski definition) is 3. The minimum Gasteiger partial charge on any atom is -0.478 e. The second-order valence-electron chi connectivity index (χ2n) is 6.23. The van der Waals surface area contributed by atoms with Crippen LogP contribution in [0.5, 0.6) is 0 Å². The Morgan fingerprint density at radius 2 is 1.70 bits per heavy atom. The highest BCUT2D eigenvalue weighted by Gasteiger charge is 2.25. The van der Waals surface area contributed by atoms with Crippen LogP contribution < -0.4 is 5.73 Å². The van der Waals surface area contributed by atoms with Gasteiger partial charge in [-0.15, -0.1) is 0 Å². The summed E-state index contributed by atoms with van der Waals surface area (Å²) in [6.07, 6.45) is 1.12. The molecular weight excluding hydrogens is 351 g/mol. The molecule has 0 bridgehead atoms. The van der Waals surface area contributed by atoms with E-state index in [1.807, 2.05) is 24.3 Å². The number of carboxylic acids is 2. The number of aliphatic carboxylic acids is 2. The van der Waals surface area contributed by atoms with Crippen LogP contribution in [0.4, 0.5) is 10.1 Å². The number of benzene rings is 2. The highest BCUT2D eigenvalue weighted by atomic mass is 19.1. The second kappa shape index (κ2) is 8.95. The van der Waals surface area contributed by atoms with E-state index in [-0.39, 0.29) is 11.7 Å². The summed E-state index contributed by atoms with van der Waals surface area (Å²) in [6, 6.07) is 12.9. The maximum atomic E-state index is 13.1. The standard InChI is InChI=1S/C16H17FN2.C4H4O4/c1-19-9-14(11-5-7-12(17)8-6-11)13-3-2-4-16(18)15(13)10-19;5-3(6)1-2-4(7)8/h2-8,14H,9-10,18H2,1H3;1-2H,(H,5,6)(H,7,8)/b;2-1-. The van der Waals surface area contributed by atoms with Crippen LogP contribution in [0.3, 0.4) is 0 Å². The summed E-state index contributed by atoms with van der Waals surface area (Å²) in [5.41, 5.74) is 10.5. The molecule has 0 aromatic heterocycles. The zero-order chi connectivity index (χ0) is 20.0. The molecule has 0 saturated carbocycles. The maximum absolute atomic E-state index is 13.1. The van der Waals surface area contributed by atoms with Crippen LogP contribution in [-0.2, 0) is 16.1 Å². The van der Waals surface area contributed by atoms with Gasteiger partial charge >= 0.3 is 11.9 Å². The highest BCUT2D eigenvalue weighted by molar-refractivity contribution is 5.89. The van der Waals surface area contributed by atoms with Gasteiger partial charge in [0.1, 0.15) is 5.82 Å². The third kappa shape index (κ3) is 5.65. The smallest absolute Gasteiger partial charge is 0.328 e. The first kappa shape index (κ1) is 20.1. The van der Waals surface area contributed by atoms with Crippen molar-refractivity contribution in [3.8, 4) is 0 Å². The molecule has 27 heavy (non-hydrogen) atoms. The van der Waals surface area contributed by atoms with Gasteiger partial charge in [0.25, 0.3) is 0 Å². The summed E-state index contributed by atoms with van der Waals surface area (Å²) < 4.78 is 13.1. The van der Waals surface area contributed by atoms with E-state index in [1.165, 1.54) is 23.3 Å². The molecule has 2 aromatic rings. The predicted molar refractivity (Wildman–Crippen MR) is 99.8 cm³/mol. The van der Waals surface area contributed by atoms with E-state index in [0.29, 0.717) is 12.2 Å². The Kier molecular flexibility index (Phi) is 6.67. The minimum atomic E-state index is -1.26. The number of carbonyl (C=O) groups is 2. The van der Waals surface area contributed by atoms with Crippen molar-refractivity contribution in [2.24, 2.45) is 0 Å². The van der Waals surface area contributed by atoms with Crippen LogP contribution in [0, 0.1) is 5.82 Å². The van der Waals surface area contributed by atoms with Crippen molar-refractivity contribution in [2.75, 3.05) is 19.3 Å². The summed E-state index contributed by atoms with van der Waals surface area (Å²) in [4.78, 5) is 21.4. The molecule has 0 fully saturated rings. The monoisotopic (exact) mass is 372 g/mol. The fraction of sp³-hybridized carbons (Fsp3) is 0.200. The van der Waals surface area contributed by atoms with Crippen molar-refractivity contribution < 1.29 is 24.2 Å². The van der Waals surface area contributed by atoms with E-state index in [9.17, 15) is 14.0 Å². The zero-order valence-corrected chi connectivity index (χ0v) is 14.8. The molecule has 0 radical (unpaired) electrons. The molecule has 1 unspecified atom stereocenters. The Labute approximate surface area is 156 Å². The lowest BCUT2D eigenvalue weighted by molar-refractivity contribution is -0.134. The third-order valence-corrected chi connectivity index (χ3v) is 4.19. The Hall–Kier alpha value is -3.19. The molecule has 1 aliphatic heterocycles. The molecule has 1 atom stereocenters. The lowest BCUT2D eigenvalue weighted by Gasteiger charge is -2.33. The van der Waals surface area contributed by atoms with Crippen LogP contribution in [0.15, 0.2) is 54.6 Å². The molecule has 142 valence electrons. The normalized spacial score (nSPS) is 16.3. The predicted octanol–water partition coefficient (Wildman–Crippen LogP) is 2.70. The Bertz CT molecular complexity index is 834. The summed E-state index contributed by atoms with van der Waals surface area (Å²) >= 11 is 0. The number of likely N-dealkylation sites (N-methyl/N-ethyl adjacent to an activating group) is 1. The molecule has 0 aliphatic carbocycles. The summed E-state index contributed by atoms with van der Waals surface area (Å²) in [5.74, 6) is -2.45. The van der Waals surface area contributed by atoms with Gasteiger partial charge in [0, 0.05) is 36.8 Å². The van der Waals surface area contributed by atoms with Gasteiger partial charge in [-0.1, -0.05) is 24.3 Å². The lowest BCUT2D eigenvalue weighted by Crippen LogP contribution is -2.31.